The first-order chi connectivity index (χ1) is 8.16. The van der Waals surface area contributed by atoms with Gasteiger partial charge in [0.1, 0.15) is 5.82 Å². The zero-order valence-corrected chi connectivity index (χ0v) is 8.75. The van der Waals surface area contributed by atoms with E-state index in [4.69, 9.17) is 5.11 Å². The van der Waals surface area contributed by atoms with Crippen LogP contribution in [0.1, 0.15) is 5.56 Å². The lowest BCUT2D eigenvalue weighted by atomic mass is 10.2. The molecule has 0 saturated heterocycles. The third-order valence-electron chi connectivity index (χ3n) is 2.15. The van der Waals surface area contributed by atoms with Crippen LogP contribution < -0.4 is 5.56 Å². The van der Waals surface area contributed by atoms with E-state index in [0.717, 1.165) is 0 Å². The third kappa shape index (κ3) is 2.54. The number of aromatic amines is 1. The molecule has 86 valence electrons. The van der Waals surface area contributed by atoms with E-state index >= 15 is 0 Å². The highest BCUT2D eigenvalue weighted by Gasteiger charge is 2.07. The number of hydrogen-bond donors (Lipinski definition) is 2. The molecule has 0 aromatic carbocycles. The van der Waals surface area contributed by atoms with Crippen molar-refractivity contribution in [2.75, 3.05) is 0 Å². The van der Waals surface area contributed by atoms with E-state index in [9.17, 15) is 9.59 Å². The predicted molar refractivity (Wildman–Crippen MR) is 59.4 cm³/mol. The Balaban J connectivity index is 2.38. The van der Waals surface area contributed by atoms with Gasteiger partial charge in [0.2, 0.25) is 0 Å². The minimum absolute atomic E-state index is 0.130. The van der Waals surface area contributed by atoms with Gasteiger partial charge in [0.25, 0.3) is 5.56 Å². The van der Waals surface area contributed by atoms with Crippen molar-refractivity contribution in [2.45, 2.75) is 6.42 Å². The molecule has 2 aromatic heterocycles. The smallest absolute Gasteiger partial charge is 0.308 e. The van der Waals surface area contributed by atoms with Gasteiger partial charge in [0.05, 0.1) is 6.42 Å². The molecule has 2 aromatic rings. The predicted octanol–water partition coefficient (Wildman–Crippen LogP) is 0.459. The summed E-state index contributed by atoms with van der Waals surface area (Å²) in [6.45, 7) is 0. The van der Waals surface area contributed by atoms with Gasteiger partial charge in [-0.15, -0.1) is 0 Å². The molecule has 0 aliphatic heterocycles. The molecule has 0 fully saturated rings. The number of H-pyrrole nitrogens is 1. The van der Waals surface area contributed by atoms with Crippen LogP contribution in [0.5, 0.6) is 0 Å². The van der Waals surface area contributed by atoms with E-state index < -0.39 is 11.5 Å². The van der Waals surface area contributed by atoms with Crippen LogP contribution in [0.25, 0.3) is 11.4 Å². The van der Waals surface area contributed by atoms with Crippen LogP contribution in [0.3, 0.4) is 0 Å². The molecule has 2 N–H and O–H groups in total. The number of aromatic nitrogens is 3. The molecule has 0 spiro atoms. The molecule has 6 heteroatoms. The molecule has 0 unspecified atom stereocenters. The summed E-state index contributed by atoms with van der Waals surface area (Å²) in [6, 6.07) is 3.47. The summed E-state index contributed by atoms with van der Waals surface area (Å²) in [5.41, 5.74) is 0.359. The average molecular weight is 231 g/mol. The van der Waals surface area contributed by atoms with Gasteiger partial charge in [-0.3, -0.25) is 14.6 Å². The minimum atomic E-state index is -1.06. The van der Waals surface area contributed by atoms with Gasteiger partial charge in [-0.1, -0.05) is 0 Å². The highest BCUT2D eigenvalue weighted by molar-refractivity contribution is 5.70. The highest BCUT2D eigenvalue weighted by Crippen LogP contribution is 2.10. The van der Waals surface area contributed by atoms with Crippen molar-refractivity contribution in [3.05, 3.63) is 46.6 Å². The number of carbonyl (C=O) groups is 1. The fraction of sp³-hybridized carbons (Fsp3) is 0.0909. The SMILES string of the molecule is O=C(O)Cc1cnc(-c2cccnc2)[nH]c1=O. The van der Waals surface area contributed by atoms with Crippen molar-refractivity contribution >= 4 is 5.97 Å². The van der Waals surface area contributed by atoms with Crippen LogP contribution in [0.15, 0.2) is 35.5 Å². The molecule has 0 amide bonds. The number of carboxylic acid groups (broad SMARTS) is 1. The highest BCUT2D eigenvalue weighted by atomic mass is 16.4. The van der Waals surface area contributed by atoms with Crippen LogP contribution in [0.4, 0.5) is 0 Å². The monoisotopic (exact) mass is 231 g/mol. The van der Waals surface area contributed by atoms with Crippen LogP contribution in [-0.2, 0) is 11.2 Å². The Morgan fingerprint density at radius 2 is 2.24 bits per heavy atom. The Hall–Kier alpha value is -2.50. The molecule has 17 heavy (non-hydrogen) atoms. The Kier molecular flexibility index (Phi) is 2.95. The van der Waals surface area contributed by atoms with Crippen LogP contribution >= 0.6 is 0 Å². The molecule has 2 rings (SSSR count). The summed E-state index contributed by atoms with van der Waals surface area (Å²) >= 11 is 0. The number of hydrogen-bond acceptors (Lipinski definition) is 4. The molecule has 0 atom stereocenters. The fourth-order valence-electron chi connectivity index (χ4n) is 1.36. The standard InChI is InChI=1S/C11H9N3O3/c15-9(16)4-8-6-13-10(14-11(8)17)7-2-1-3-12-5-7/h1-3,5-6H,4H2,(H,15,16)(H,13,14,17). The van der Waals surface area contributed by atoms with Gasteiger partial charge < -0.3 is 10.1 Å². The second-order valence-corrected chi connectivity index (χ2v) is 3.40. The zero-order chi connectivity index (χ0) is 12.3. The maximum Gasteiger partial charge on any atom is 0.308 e. The van der Waals surface area contributed by atoms with E-state index in [1.54, 1.807) is 24.5 Å². The molecule has 0 aliphatic carbocycles. The summed E-state index contributed by atoms with van der Waals surface area (Å²) in [7, 11) is 0. The van der Waals surface area contributed by atoms with Crippen LogP contribution in [0.2, 0.25) is 0 Å². The number of nitrogens with one attached hydrogen (secondary N) is 1. The molecular weight excluding hydrogens is 222 g/mol. The fourth-order valence-corrected chi connectivity index (χ4v) is 1.36. The van der Waals surface area contributed by atoms with Gasteiger partial charge in [-0.05, 0) is 12.1 Å². The number of aliphatic carboxylic acids is 1. The normalized spacial score (nSPS) is 10.1. The van der Waals surface area contributed by atoms with Gasteiger partial charge in [0, 0.05) is 29.7 Å². The van der Waals surface area contributed by atoms with E-state index in [1.807, 2.05) is 0 Å². The molecule has 0 bridgehead atoms. The maximum absolute atomic E-state index is 11.6. The first-order valence-electron chi connectivity index (χ1n) is 4.87. The van der Waals surface area contributed by atoms with Gasteiger partial charge in [-0.2, -0.15) is 0 Å². The van der Waals surface area contributed by atoms with Crippen molar-refractivity contribution in [1.29, 1.82) is 0 Å². The largest absolute Gasteiger partial charge is 0.481 e. The first-order valence-corrected chi connectivity index (χ1v) is 4.87. The second kappa shape index (κ2) is 4.56. The summed E-state index contributed by atoms with van der Waals surface area (Å²) in [6.07, 6.45) is 4.11. The number of nitrogens with zero attached hydrogens (tertiary/aromatic N) is 2. The van der Waals surface area contributed by atoms with Gasteiger partial charge >= 0.3 is 5.97 Å². The molecular formula is C11H9N3O3. The van der Waals surface area contributed by atoms with Crippen molar-refractivity contribution < 1.29 is 9.90 Å². The quantitative estimate of drug-likeness (QED) is 0.799. The Bertz CT molecular complexity index is 592. The van der Waals surface area contributed by atoms with Gasteiger partial charge in [-0.25, -0.2) is 4.98 Å². The summed E-state index contributed by atoms with van der Waals surface area (Å²) in [5, 5.41) is 8.59. The van der Waals surface area contributed by atoms with Crippen molar-refractivity contribution in [3.8, 4) is 11.4 Å². The van der Waals surface area contributed by atoms with Crippen LogP contribution in [0, 0.1) is 0 Å². The Labute approximate surface area is 96.0 Å². The van der Waals surface area contributed by atoms with Crippen molar-refractivity contribution in [1.82, 2.24) is 15.0 Å². The third-order valence-corrected chi connectivity index (χ3v) is 2.15. The van der Waals surface area contributed by atoms with E-state index in [1.165, 1.54) is 6.20 Å². The number of carboxylic acids is 1. The Morgan fingerprint density at radius 1 is 1.41 bits per heavy atom. The van der Waals surface area contributed by atoms with E-state index in [0.29, 0.717) is 11.4 Å². The average Bonchev–Trinajstić information content (AvgIpc) is 2.32. The van der Waals surface area contributed by atoms with Crippen molar-refractivity contribution in [2.24, 2.45) is 0 Å². The topological polar surface area (TPSA) is 95.9 Å². The summed E-state index contributed by atoms with van der Waals surface area (Å²) in [5.74, 6) is -0.691. The summed E-state index contributed by atoms with van der Waals surface area (Å²) in [4.78, 5) is 32.5. The van der Waals surface area contributed by atoms with Gasteiger partial charge in [0.15, 0.2) is 0 Å². The Morgan fingerprint density at radius 3 is 2.82 bits per heavy atom. The van der Waals surface area contributed by atoms with Crippen molar-refractivity contribution in [3.63, 3.8) is 0 Å². The maximum atomic E-state index is 11.6. The minimum Gasteiger partial charge on any atom is -0.481 e. The molecule has 0 saturated carbocycles. The lowest BCUT2D eigenvalue weighted by Gasteiger charge is -2.01. The number of pyridine rings is 1. The zero-order valence-electron chi connectivity index (χ0n) is 8.75. The van der Waals surface area contributed by atoms with E-state index in [-0.39, 0.29) is 12.0 Å². The van der Waals surface area contributed by atoms with E-state index in [2.05, 4.69) is 15.0 Å². The lowest BCUT2D eigenvalue weighted by molar-refractivity contribution is -0.136. The second-order valence-electron chi connectivity index (χ2n) is 3.40. The molecule has 2 heterocycles. The lowest BCUT2D eigenvalue weighted by Crippen LogP contribution is -2.17. The number of rotatable bonds is 3. The molecule has 0 radical (unpaired) electrons. The summed E-state index contributed by atoms with van der Waals surface area (Å²) < 4.78 is 0. The molecule has 0 aliphatic rings. The molecule has 6 nitrogen and oxygen atoms in total. The first kappa shape index (κ1) is 11.0. The van der Waals surface area contributed by atoms with Crippen LogP contribution in [-0.4, -0.2) is 26.0 Å².